The molecule has 1 N–H and O–H groups in total. The van der Waals surface area contributed by atoms with E-state index in [1.807, 2.05) is 12.1 Å². The molecule has 1 amide bonds. The second kappa shape index (κ2) is 6.23. The summed E-state index contributed by atoms with van der Waals surface area (Å²) in [4.78, 5) is 18.8. The summed E-state index contributed by atoms with van der Waals surface area (Å²) in [6.45, 7) is 0.837. The molecule has 2 aromatic rings. The predicted molar refractivity (Wildman–Crippen MR) is 91.3 cm³/mol. The molecule has 4 rings (SSSR count). The first-order valence-corrected chi connectivity index (χ1v) is 8.71. The molecule has 0 bridgehead atoms. The number of hydrogen-bond donors (Lipinski definition) is 1. The molecule has 1 aliphatic carbocycles. The zero-order valence-corrected chi connectivity index (χ0v) is 13.9. The Morgan fingerprint density at radius 1 is 1.20 bits per heavy atom. The van der Waals surface area contributed by atoms with Crippen LogP contribution in [0.15, 0.2) is 48.8 Å². The number of aliphatic hydroxyl groups excluding tert-OH is 1. The molecule has 2 heterocycles. The second-order valence-electron chi connectivity index (χ2n) is 7.16. The van der Waals surface area contributed by atoms with Crippen molar-refractivity contribution >= 4 is 5.91 Å². The Morgan fingerprint density at radius 2 is 1.92 bits per heavy atom. The Balaban J connectivity index is 1.49. The number of rotatable bonds is 4. The number of amides is 1. The van der Waals surface area contributed by atoms with E-state index in [0.717, 1.165) is 5.56 Å². The van der Waals surface area contributed by atoms with E-state index in [-0.39, 0.29) is 17.6 Å². The van der Waals surface area contributed by atoms with Gasteiger partial charge < -0.3 is 10.0 Å². The smallest absolute Gasteiger partial charge is 0.233 e. The normalized spacial score (nSPS) is 24.3. The Morgan fingerprint density at radius 3 is 2.60 bits per heavy atom. The topological polar surface area (TPSA) is 53.4 Å². The van der Waals surface area contributed by atoms with Gasteiger partial charge in [-0.2, -0.15) is 0 Å². The van der Waals surface area contributed by atoms with Crippen LogP contribution in [0, 0.1) is 11.7 Å². The third-order valence-electron chi connectivity index (χ3n) is 5.49. The van der Waals surface area contributed by atoms with Crippen LogP contribution in [0.25, 0.3) is 0 Å². The number of hydrogen-bond acceptors (Lipinski definition) is 3. The first kappa shape index (κ1) is 16.2. The lowest BCUT2D eigenvalue weighted by molar-refractivity contribution is -0.133. The van der Waals surface area contributed by atoms with Crippen LogP contribution in [0.1, 0.15) is 24.0 Å². The third-order valence-corrected chi connectivity index (χ3v) is 5.49. The van der Waals surface area contributed by atoms with Gasteiger partial charge in [-0.15, -0.1) is 0 Å². The van der Waals surface area contributed by atoms with Gasteiger partial charge in [0.1, 0.15) is 5.82 Å². The lowest BCUT2D eigenvalue weighted by Crippen LogP contribution is -2.38. The average molecular weight is 340 g/mol. The van der Waals surface area contributed by atoms with E-state index in [4.69, 9.17) is 0 Å². The fourth-order valence-corrected chi connectivity index (χ4v) is 3.92. The fourth-order valence-electron chi connectivity index (χ4n) is 3.92. The van der Waals surface area contributed by atoms with Crippen LogP contribution in [0.5, 0.6) is 0 Å². The van der Waals surface area contributed by atoms with Crippen LogP contribution < -0.4 is 0 Å². The molecule has 130 valence electrons. The maximum absolute atomic E-state index is 14.2. The Labute approximate surface area is 146 Å². The van der Waals surface area contributed by atoms with Gasteiger partial charge in [-0.1, -0.05) is 18.2 Å². The van der Waals surface area contributed by atoms with E-state index in [9.17, 15) is 14.3 Å². The van der Waals surface area contributed by atoms with Gasteiger partial charge in [-0.3, -0.25) is 9.78 Å². The van der Waals surface area contributed by atoms with Gasteiger partial charge >= 0.3 is 0 Å². The number of carbonyl (C=O) groups is 1. The molecule has 2 aliphatic rings. The zero-order chi connectivity index (χ0) is 17.4. The molecule has 1 saturated heterocycles. The van der Waals surface area contributed by atoms with Crippen molar-refractivity contribution in [2.24, 2.45) is 5.92 Å². The van der Waals surface area contributed by atoms with Crippen molar-refractivity contribution in [3.05, 3.63) is 65.7 Å². The first-order valence-electron chi connectivity index (χ1n) is 8.71. The van der Waals surface area contributed by atoms with Gasteiger partial charge in [0.2, 0.25) is 5.91 Å². The number of pyridine rings is 1. The molecule has 2 atom stereocenters. The summed E-state index contributed by atoms with van der Waals surface area (Å²) in [6.07, 6.45) is 4.98. The molecular weight excluding hydrogens is 319 g/mol. The molecule has 1 saturated carbocycles. The number of β-amino-alcohol motifs (C(OH)–C–C–N with tert-alkyl or cyclic N) is 1. The zero-order valence-electron chi connectivity index (χ0n) is 13.9. The maximum Gasteiger partial charge on any atom is 0.233 e. The number of likely N-dealkylation sites (tertiary alicyclic amines) is 1. The van der Waals surface area contributed by atoms with Crippen LogP contribution >= 0.6 is 0 Å². The van der Waals surface area contributed by atoms with Crippen molar-refractivity contribution in [3.63, 3.8) is 0 Å². The summed E-state index contributed by atoms with van der Waals surface area (Å²) in [7, 11) is 0. The van der Waals surface area contributed by atoms with E-state index in [1.54, 1.807) is 35.5 Å². The highest BCUT2D eigenvalue weighted by molar-refractivity contribution is 5.91. The molecular formula is C20H21FN2O2. The summed E-state index contributed by atoms with van der Waals surface area (Å²) in [6, 6.07) is 10.4. The van der Waals surface area contributed by atoms with Gasteiger partial charge in [0.05, 0.1) is 11.5 Å². The summed E-state index contributed by atoms with van der Waals surface area (Å²) in [5.41, 5.74) is 0.868. The number of aliphatic hydroxyl groups is 1. The minimum absolute atomic E-state index is 0.00257. The third kappa shape index (κ3) is 2.93. The van der Waals surface area contributed by atoms with Crippen molar-refractivity contribution in [2.75, 3.05) is 13.1 Å². The number of carbonyl (C=O) groups excluding carboxylic acids is 1. The lowest BCUT2D eigenvalue weighted by atomic mass is 9.93. The van der Waals surface area contributed by atoms with E-state index >= 15 is 0 Å². The van der Waals surface area contributed by atoms with Gasteiger partial charge in [0, 0.05) is 37.0 Å². The Hall–Kier alpha value is -2.27. The van der Waals surface area contributed by atoms with E-state index in [2.05, 4.69) is 4.98 Å². The van der Waals surface area contributed by atoms with Crippen LogP contribution in [0.4, 0.5) is 4.39 Å². The quantitative estimate of drug-likeness (QED) is 0.929. The largest absolute Gasteiger partial charge is 0.391 e. The monoisotopic (exact) mass is 340 g/mol. The number of halogens is 1. The summed E-state index contributed by atoms with van der Waals surface area (Å²) in [5, 5.41) is 10.4. The van der Waals surface area contributed by atoms with Gasteiger partial charge in [-0.25, -0.2) is 4.39 Å². The Kier molecular flexibility index (Phi) is 4.04. The second-order valence-corrected chi connectivity index (χ2v) is 7.16. The minimum atomic E-state index is -0.726. The molecule has 1 aromatic carbocycles. The van der Waals surface area contributed by atoms with E-state index < -0.39 is 11.5 Å². The SMILES string of the molecule is O=C(N1C[C@@H](Cc2ccncc2)[C@@H](O)C1)C1(c2ccccc2F)CC1. The van der Waals surface area contributed by atoms with Crippen molar-refractivity contribution in [1.29, 1.82) is 0 Å². The van der Waals surface area contributed by atoms with Crippen molar-refractivity contribution in [3.8, 4) is 0 Å². The first-order chi connectivity index (χ1) is 12.1. The van der Waals surface area contributed by atoms with E-state index in [1.165, 1.54) is 6.07 Å². The molecule has 0 radical (unpaired) electrons. The van der Waals surface area contributed by atoms with Crippen LogP contribution in [0.3, 0.4) is 0 Å². The summed E-state index contributed by atoms with van der Waals surface area (Å²) in [5.74, 6) is -0.363. The van der Waals surface area contributed by atoms with Crippen molar-refractivity contribution in [2.45, 2.75) is 30.8 Å². The van der Waals surface area contributed by atoms with Crippen molar-refractivity contribution < 1.29 is 14.3 Å². The lowest BCUT2D eigenvalue weighted by Gasteiger charge is -2.23. The summed E-state index contributed by atoms with van der Waals surface area (Å²) >= 11 is 0. The van der Waals surface area contributed by atoms with E-state index in [0.29, 0.717) is 37.9 Å². The summed E-state index contributed by atoms with van der Waals surface area (Å²) < 4.78 is 14.2. The molecule has 25 heavy (non-hydrogen) atoms. The fraction of sp³-hybridized carbons (Fsp3) is 0.400. The van der Waals surface area contributed by atoms with Crippen LogP contribution in [-0.2, 0) is 16.6 Å². The molecule has 1 aromatic heterocycles. The minimum Gasteiger partial charge on any atom is -0.391 e. The predicted octanol–water partition coefficient (Wildman–Crippen LogP) is 2.31. The van der Waals surface area contributed by atoms with Gasteiger partial charge in [-0.05, 0) is 43.0 Å². The number of nitrogens with zero attached hydrogens (tertiary/aromatic N) is 2. The molecule has 4 nitrogen and oxygen atoms in total. The standard InChI is InChI=1S/C20H21FN2O2/c21-17-4-2-1-3-16(17)20(7-8-20)19(25)23-12-15(18(24)13-23)11-14-5-9-22-10-6-14/h1-6,9-10,15,18,24H,7-8,11-13H2/t15-,18+/m1/s1. The van der Waals surface area contributed by atoms with Gasteiger partial charge in [0.15, 0.2) is 0 Å². The molecule has 2 fully saturated rings. The molecule has 1 aliphatic heterocycles. The maximum atomic E-state index is 14.2. The molecule has 5 heteroatoms. The van der Waals surface area contributed by atoms with Gasteiger partial charge in [0.25, 0.3) is 0 Å². The molecule has 0 unspecified atom stereocenters. The van der Waals surface area contributed by atoms with Crippen LogP contribution in [-0.4, -0.2) is 40.1 Å². The van der Waals surface area contributed by atoms with Crippen LogP contribution in [0.2, 0.25) is 0 Å². The average Bonchev–Trinajstić information content (AvgIpc) is 3.35. The highest BCUT2D eigenvalue weighted by Crippen LogP contribution is 2.51. The number of benzene rings is 1. The highest BCUT2D eigenvalue weighted by Gasteiger charge is 2.55. The highest BCUT2D eigenvalue weighted by atomic mass is 19.1. The number of aromatic nitrogens is 1. The Bertz CT molecular complexity index is 776. The molecule has 0 spiro atoms. The van der Waals surface area contributed by atoms with Crippen molar-refractivity contribution in [1.82, 2.24) is 9.88 Å².